The van der Waals surface area contributed by atoms with E-state index in [4.69, 9.17) is 0 Å². The van der Waals surface area contributed by atoms with Crippen molar-refractivity contribution in [3.05, 3.63) is 0 Å². The zero-order valence-electron chi connectivity index (χ0n) is 15.8. The minimum Gasteiger partial charge on any atom is -0.354 e. The molecule has 0 unspecified atom stereocenters. The number of hydrogen-bond donors (Lipinski definition) is 3. The van der Waals surface area contributed by atoms with Crippen molar-refractivity contribution in [1.29, 1.82) is 0 Å². The van der Waals surface area contributed by atoms with Gasteiger partial charge in [-0.15, -0.1) is 0 Å². The fourth-order valence-corrected chi connectivity index (χ4v) is 2.34. The Hall–Kier alpha value is -1.59. The van der Waals surface area contributed by atoms with E-state index in [1.165, 1.54) is 38.5 Å². The lowest BCUT2D eigenvalue weighted by atomic mass is 10.2. The van der Waals surface area contributed by atoms with E-state index in [9.17, 15) is 0 Å². The predicted molar refractivity (Wildman–Crippen MR) is 104 cm³/mol. The highest BCUT2D eigenvalue weighted by molar-refractivity contribution is 5.42. The highest BCUT2D eigenvalue weighted by Gasteiger charge is 2.06. The summed E-state index contributed by atoms with van der Waals surface area (Å²) >= 11 is 0. The van der Waals surface area contributed by atoms with E-state index in [1.54, 1.807) is 0 Å². The first kappa shape index (κ1) is 20.5. The van der Waals surface area contributed by atoms with E-state index in [-0.39, 0.29) is 0 Å². The zero-order chi connectivity index (χ0) is 17.5. The Morgan fingerprint density at radius 1 is 0.500 bits per heavy atom. The van der Waals surface area contributed by atoms with Crippen molar-refractivity contribution in [3.8, 4) is 0 Å². The summed E-state index contributed by atoms with van der Waals surface area (Å²) in [5.74, 6) is 1.99. The van der Waals surface area contributed by atoms with E-state index >= 15 is 0 Å². The Morgan fingerprint density at radius 3 is 1.04 bits per heavy atom. The van der Waals surface area contributed by atoms with E-state index < -0.39 is 0 Å². The predicted octanol–water partition coefficient (Wildman–Crippen LogP) is 4.68. The largest absolute Gasteiger partial charge is 0.354 e. The smallest absolute Gasteiger partial charge is 0.229 e. The van der Waals surface area contributed by atoms with Gasteiger partial charge in [-0.3, -0.25) is 0 Å². The Balaban J connectivity index is 2.58. The Labute approximate surface area is 147 Å². The van der Waals surface area contributed by atoms with Crippen molar-refractivity contribution in [2.75, 3.05) is 35.6 Å². The summed E-state index contributed by atoms with van der Waals surface area (Å²) in [5, 5.41) is 9.96. The molecule has 0 saturated heterocycles. The van der Waals surface area contributed by atoms with Crippen molar-refractivity contribution in [1.82, 2.24) is 15.0 Å². The second-order valence-electron chi connectivity index (χ2n) is 6.21. The van der Waals surface area contributed by atoms with Gasteiger partial charge in [0.25, 0.3) is 0 Å². The maximum Gasteiger partial charge on any atom is 0.229 e. The number of anilines is 3. The summed E-state index contributed by atoms with van der Waals surface area (Å²) in [7, 11) is 0. The molecule has 6 heteroatoms. The van der Waals surface area contributed by atoms with Gasteiger partial charge < -0.3 is 16.0 Å². The van der Waals surface area contributed by atoms with Crippen LogP contribution in [0.1, 0.15) is 78.6 Å². The summed E-state index contributed by atoms with van der Waals surface area (Å²) in [6.07, 6.45) is 10.7. The van der Waals surface area contributed by atoms with Crippen molar-refractivity contribution < 1.29 is 0 Å². The summed E-state index contributed by atoms with van der Waals surface area (Å²) in [6.45, 7) is 9.34. The van der Waals surface area contributed by atoms with Crippen LogP contribution < -0.4 is 16.0 Å². The lowest BCUT2D eigenvalue weighted by molar-refractivity contribution is 0.732. The highest BCUT2D eigenvalue weighted by Crippen LogP contribution is 2.10. The molecule has 0 radical (unpaired) electrons. The molecule has 0 fully saturated rings. The maximum absolute atomic E-state index is 4.49. The lowest BCUT2D eigenvalue weighted by Crippen LogP contribution is -2.14. The van der Waals surface area contributed by atoms with Gasteiger partial charge in [0.1, 0.15) is 0 Å². The number of nitrogens with one attached hydrogen (secondary N) is 3. The van der Waals surface area contributed by atoms with Gasteiger partial charge >= 0.3 is 0 Å². The number of aromatic nitrogens is 3. The van der Waals surface area contributed by atoms with E-state index in [1.807, 2.05) is 0 Å². The van der Waals surface area contributed by atoms with Crippen molar-refractivity contribution in [2.45, 2.75) is 78.6 Å². The molecule has 1 aromatic heterocycles. The Morgan fingerprint density at radius 2 is 0.792 bits per heavy atom. The summed E-state index contributed by atoms with van der Waals surface area (Å²) < 4.78 is 0. The summed E-state index contributed by atoms with van der Waals surface area (Å²) in [4.78, 5) is 13.5. The monoisotopic (exact) mass is 336 g/mol. The molecule has 0 aliphatic heterocycles. The third-order valence-corrected chi connectivity index (χ3v) is 3.83. The van der Waals surface area contributed by atoms with Crippen LogP contribution in [0.3, 0.4) is 0 Å². The minimum absolute atomic E-state index is 0.664. The van der Waals surface area contributed by atoms with Crippen LogP contribution in [-0.2, 0) is 0 Å². The van der Waals surface area contributed by atoms with Crippen LogP contribution in [0.25, 0.3) is 0 Å². The molecule has 0 saturated carbocycles. The molecule has 3 N–H and O–H groups in total. The normalized spacial score (nSPS) is 10.6. The van der Waals surface area contributed by atoms with Crippen molar-refractivity contribution in [3.63, 3.8) is 0 Å². The molecular formula is C18H36N6. The van der Waals surface area contributed by atoms with Gasteiger partial charge in [0.15, 0.2) is 0 Å². The number of nitrogens with zero attached hydrogens (tertiary/aromatic N) is 3. The molecular weight excluding hydrogens is 300 g/mol. The van der Waals surface area contributed by atoms with E-state index in [2.05, 4.69) is 51.7 Å². The van der Waals surface area contributed by atoms with Crippen LogP contribution in [0.5, 0.6) is 0 Å². The molecule has 0 amide bonds. The summed E-state index contributed by atoms with van der Waals surface area (Å²) in [5.41, 5.74) is 0. The van der Waals surface area contributed by atoms with Crippen LogP contribution >= 0.6 is 0 Å². The van der Waals surface area contributed by atoms with Gasteiger partial charge in [0, 0.05) is 19.6 Å². The van der Waals surface area contributed by atoms with Gasteiger partial charge in [-0.2, -0.15) is 15.0 Å². The average Bonchev–Trinajstić information content (AvgIpc) is 2.59. The second kappa shape index (κ2) is 13.8. The van der Waals surface area contributed by atoms with Crippen molar-refractivity contribution in [2.24, 2.45) is 0 Å². The molecule has 0 aromatic carbocycles. The molecule has 24 heavy (non-hydrogen) atoms. The topological polar surface area (TPSA) is 74.8 Å². The SMILES string of the molecule is CCCCCNc1nc(NCCCCC)nc(NCCCCC)n1. The summed E-state index contributed by atoms with van der Waals surface area (Å²) in [6, 6.07) is 0. The molecule has 1 heterocycles. The average molecular weight is 337 g/mol. The van der Waals surface area contributed by atoms with Crippen LogP contribution in [-0.4, -0.2) is 34.6 Å². The minimum atomic E-state index is 0.664. The van der Waals surface area contributed by atoms with E-state index in [0.29, 0.717) is 17.8 Å². The Kier molecular flexibility index (Phi) is 11.8. The fraction of sp³-hybridized carbons (Fsp3) is 0.833. The number of unbranched alkanes of at least 4 members (excludes halogenated alkanes) is 6. The molecule has 6 nitrogen and oxygen atoms in total. The third kappa shape index (κ3) is 9.53. The first-order valence-electron chi connectivity index (χ1n) is 9.77. The molecule has 0 atom stereocenters. The molecule has 0 aliphatic carbocycles. The molecule has 1 aromatic rings. The number of rotatable bonds is 15. The zero-order valence-corrected chi connectivity index (χ0v) is 15.8. The highest BCUT2D eigenvalue weighted by atomic mass is 15.3. The first-order chi connectivity index (χ1) is 11.8. The van der Waals surface area contributed by atoms with Gasteiger partial charge in [-0.05, 0) is 19.3 Å². The van der Waals surface area contributed by atoms with Crippen LogP contribution in [0.15, 0.2) is 0 Å². The second-order valence-corrected chi connectivity index (χ2v) is 6.21. The quantitative estimate of drug-likeness (QED) is 0.404. The van der Waals surface area contributed by atoms with Gasteiger partial charge in [0.2, 0.25) is 17.8 Å². The van der Waals surface area contributed by atoms with Crippen LogP contribution in [0, 0.1) is 0 Å². The molecule has 0 aliphatic rings. The van der Waals surface area contributed by atoms with Gasteiger partial charge in [0.05, 0.1) is 0 Å². The Bertz CT molecular complexity index is 350. The van der Waals surface area contributed by atoms with Crippen LogP contribution in [0.2, 0.25) is 0 Å². The van der Waals surface area contributed by atoms with E-state index in [0.717, 1.165) is 38.9 Å². The van der Waals surface area contributed by atoms with Gasteiger partial charge in [-0.1, -0.05) is 59.3 Å². The fourth-order valence-electron chi connectivity index (χ4n) is 2.34. The first-order valence-corrected chi connectivity index (χ1v) is 9.77. The van der Waals surface area contributed by atoms with Crippen LogP contribution in [0.4, 0.5) is 17.8 Å². The third-order valence-electron chi connectivity index (χ3n) is 3.83. The molecule has 0 bridgehead atoms. The lowest BCUT2D eigenvalue weighted by Gasteiger charge is -2.11. The molecule has 1 rings (SSSR count). The molecule has 138 valence electrons. The van der Waals surface area contributed by atoms with Gasteiger partial charge in [-0.25, -0.2) is 0 Å². The maximum atomic E-state index is 4.49. The standard InChI is InChI=1S/C18H36N6/c1-4-7-10-13-19-16-22-17(20-14-11-8-5-2)24-18(23-16)21-15-12-9-6-3/h4-15H2,1-3H3,(H3,19,20,21,22,23,24). The van der Waals surface area contributed by atoms with Crippen molar-refractivity contribution >= 4 is 17.8 Å². The molecule has 0 spiro atoms. The number of hydrogen-bond acceptors (Lipinski definition) is 6.